The average Bonchev–Trinajstić information content (AvgIpc) is 3.01. The molecule has 0 N–H and O–H groups in total. The molecule has 0 spiro atoms. The Balaban J connectivity index is 2.85. The summed E-state index contributed by atoms with van der Waals surface area (Å²) in [6.07, 6.45) is 0. The third kappa shape index (κ3) is 3.41. The molecule has 0 unspecified atom stereocenters. The second-order valence-electron chi connectivity index (χ2n) is 6.44. The molecule has 0 fully saturated rings. The van der Waals surface area contributed by atoms with E-state index < -0.39 is 0 Å². The first kappa shape index (κ1) is 19.8. The maximum absolute atomic E-state index is 9.49. The predicted molar refractivity (Wildman–Crippen MR) is 108 cm³/mol. The third-order valence-electron chi connectivity index (χ3n) is 4.97. The van der Waals surface area contributed by atoms with Crippen molar-refractivity contribution in [1.29, 1.82) is 5.26 Å². The summed E-state index contributed by atoms with van der Waals surface area (Å²) in [6, 6.07) is 4.09. The van der Waals surface area contributed by atoms with E-state index in [1.165, 1.54) is 11.3 Å². The van der Waals surface area contributed by atoms with Crippen LogP contribution in [0.5, 0.6) is 0 Å². The second kappa shape index (κ2) is 8.27. The van der Waals surface area contributed by atoms with E-state index in [1.54, 1.807) is 0 Å². The highest BCUT2D eigenvalue weighted by molar-refractivity contribution is 5.79. The van der Waals surface area contributed by atoms with Crippen molar-refractivity contribution in [2.75, 3.05) is 36.0 Å². The molecular formula is C21H30N4O. The van der Waals surface area contributed by atoms with Crippen LogP contribution in [0, 0.1) is 32.1 Å². The number of aromatic nitrogens is 1. The van der Waals surface area contributed by atoms with Crippen LogP contribution in [0.4, 0.5) is 11.5 Å². The molecule has 5 nitrogen and oxygen atoms in total. The van der Waals surface area contributed by atoms with Crippen molar-refractivity contribution in [3.05, 3.63) is 28.7 Å². The first-order chi connectivity index (χ1) is 12.4. The number of furan rings is 1. The van der Waals surface area contributed by atoms with Crippen LogP contribution in [0.2, 0.25) is 0 Å². The summed E-state index contributed by atoms with van der Waals surface area (Å²) >= 11 is 0. The van der Waals surface area contributed by atoms with Crippen molar-refractivity contribution in [2.24, 2.45) is 0 Å². The molecule has 0 radical (unpaired) electrons. The summed E-state index contributed by atoms with van der Waals surface area (Å²) in [7, 11) is 0. The molecule has 2 rings (SSSR count). The number of hydrogen-bond donors (Lipinski definition) is 0. The van der Waals surface area contributed by atoms with Crippen LogP contribution in [0.3, 0.4) is 0 Å². The van der Waals surface area contributed by atoms with Gasteiger partial charge in [-0.25, -0.2) is 4.98 Å². The molecule has 2 aromatic heterocycles. The zero-order valence-corrected chi connectivity index (χ0v) is 17.1. The first-order valence-electron chi connectivity index (χ1n) is 9.45. The SMILES string of the molecule is CCN(CC)c1nc(-c2cc(C)oc2C#N)c(C)c(N(CC)CC)c1C. The van der Waals surface area contributed by atoms with E-state index in [4.69, 9.17) is 9.40 Å². The largest absolute Gasteiger partial charge is 0.450 e. The van der Waals surface area contributed by atoms with E-state index >= 15 is 0 Å². The fraction of sp³-hybridized carbons (Fsp3) is 0.524. The Morgan fingerprint density at radius 1 is 0.962 bits per heavy atom. The van der Waals surface area contributed by atoms with Crippen molar-refractivity contribution in [2.45, 2.75) is 48.5 Å². The van der Waals surface area contributed by atoms with Gasteiger partial charge in [0.25, 0.3) is 0 Å². The Kier molecular flexibility index (Phi) is 6.31. The van der Waals surface area contributed by atoms with Crippen LogP contribution in [0.1, 0.15) is 50.3 Å². The van der Waals surface area contributed by atoms with Crippen LogP contribution in [0.25, 0.3) is 11.3 Å². The van der Waals surface area contributed by atoms with Gasteiger partial charge in [0.1, 0.15) is 17.6 Å². The lowest BCUT2D eigenvalue weighted by Crippen LogP contribution is -2.28. The van der Waals surface area contributed by atoms with Gasteiger partial charge in [0.05, 0.1) is 11.3 Å². The topological polar surface area (TPSA) is 56.3 Å². The number of hydrogen-bond acceptors (Lipinski definition) is 5. The van der Waals surface area contributed by atoms with Gasteiger partial charge < -0.3 is 14.2 Å². The summed E-state index contributed by atoms with van der Waals surface area (Å²) in [5.41, 5.74) is 5.12. The molecule has 26 heavy (non-hydrogen) atoms. The lowest BCUT2D eigenvalue weighted by Gasteiger charge is -2.31. The molecule has 0 saturated carbocycles. The van der Waals surface area contributed by atoms with Crippen LogP contribution < -0.4 is 9.80 Å². The average molecular weight is 354 g/mol. The molecule has 2 heterocycles. The van der Waals surface area contributed by atoms with Crippen molar-refractivity contribution in [1.82, 2.24) is 4.98 Å². The summed E-state index contributed by atoms with van der Waals surface area (Å²) in [4.78, 5) is 9.64. The zero-order chi connectivity index (χ0) is 19.4. The minimum atomic E-state index is 0.331. The lowest BCUT2D eigenvalue weighted by molar-refractivity contribution is 0.522. The second-order valence-corrected chi connectivity index (χ2v) is 6.44. The molecule has 2 aromatic rings. The molecule has 0 aliphatic carbocycles. The van der Waals surface area contributed by atoms with E-state index in [0.717, 1.165) is 54.6 Å². The van der Waals surface area contributed by atoms with E-state index in [1.807, 2.05) is 13.0 Å². The summed E-state index contributed by atoms with van der Waals surface area (Å²) < 4.78 is 5.58. The quantitative estimate of drug-likeness (QED) is 0.713. The van der Waals surface area contributed by atoms with Gasteiger partial charge in [-0.1, -0.05) is 0 Å². The fourth-order valence-electron chi connectivity index (χ4n) is 3.65. The smallest absolute Gasteiger partial charge is 0.213 e. The Bertz CT molecular complexity index is 808. The highest BCUT2D eigenvalue weighted by Gasteiger charge is 2.23. The van der Waals surface area contributed by atoms with Crippen molar-refractivity contribution in [3.8, 4) is 17.3 Å². The van der Waals surface area contributed by atoms with Gasteiger partial charge in [-0.05, 0) is 60.1 Å². The number of anilines is 2. The normalized spacial score (nSPS) is 10.7. The molecule has 0 aliphatic heterocycles. The van der Waals surface area contributed by atoms with Gasteiger partial charge in [-0.15, -0.1) is 0 Å². The van der Waals surface area contributed by atoms with Crippen molar-refractivity contribution >= 4 is 11.5 Å². The lowest BCUT2D eigenvalue weighted by atomic mass is 10.0. The number of nitrogens with zero attached hydrogens (tertiary/aromatic N) is 4. The summed E-state index contributed by atoms with van der Waals surface area (Å²) in [5.74, 6) is 2.05. The molecule has 0 saturated heterocycles. The maximum atomic E-state index is 9.49. The number of rotatable bonds is 7. The van der Waals surface area contributed by atoms with Gasteiger partial charge in [0.2, 0.25) is 5.76 Å². The fourth-order valence-corrected chi connectivity index (χ4v) is 3.65. The molecule has 0 atom stereocenters. The van der Waals surface area contributed by atoms with Crippen LogP contribution in [0.15, 0.2) is 10.5 Å². The molecule has 5 heteroatoms. The molecule has 0 amide bonds. The minimum absolute atomic E-state index is 0.331. The van der Waals surface area contributed by atoms with Crippen molar-refractivity contribution in [3.63, 3.8) is 0 Å². The third-order valence-corrected chi connectivity index (χ3v) is 4.97. The van der Waals surface area contributed by atoms with Gasteiger partial charge in [0, 0.05) is 37.4 Å². The highest BCUT2D eigenvalue weighted by atomic mass is 16.3. The number of nitriles is 1. The van der Waals surface area contributed by atoms with E-state index in [-0.39, 0.29) is 0 Å². The van der Waals surface area contributed by atoms with E-state index in [9.17, 15) is 5.26 Å². The van der Waals surface area contributed by atoms with Gasteiger partial charge in [-0.2, -0.15) is 5.26 Å². The molecule has 0 aromatic carbocycles. The van der Waals surface area contributed by atoms with E-state index in [2.05, 4.69) is 57.4 Å². The molecular weight excluding hydrogens is 324 g/mol. The van der Waals surface area contributed by atoms with E-state index in [0.29, 0.717) is 5.76 Å². The number of aryl methyl sites for hydroxylation is 1. The maximum Gasteiger partial charge on any atom is 0.213 e. The Hall–Kier alpha value is -2.48. The standard InChI is InChI=1S/C21H30N4O/c1-8-24(9-2)20-15(6)19(17-12-14(5)26-18(17)13-22)23-21(16(20)7)25(10-3)11-4/h12H,8-11H2,1-7H3. The highest BCUT2D eigenvalue weighted by Crippen LogP contribution is 2.38. The molecule has 140 valence electrons. The Morgan fingerprint density at radius 2 is 1.54 bits per heavy atom. The minimum Gasteiger partial charge on any atom is -0.450 e. The number of pyridine rings is 1. The molecule has 0 bridgehead atoms. The first-order valence-corrected chi connectivity index (χ1v) is 9.45. The van der Waals surface area contributed by atoms with Gasteiger partial charge in [-0.3, -0.25) is 0 Å². The van der Waals surface area contributed by atoms with Crippen molar-refractivity contribution < 1.29 is 4.42 Å². The molecule has 0 aliphatic rings. The Labute approximate surface area is 157 Å². The summed E-state index contributed by atoms with van der Waals surface area (Å²) in [5, 5.41) is 9.49. The van der Waals surface area contributed by atoms with Crippen LogP contribution in [-0.2, 0) is 0 Å². The van der Waals surface area contributed by atoms with Gasteiger partial charge in [0.15, 0.2) is 0 Å². The predicted octanol–water partition coefficient (Wildman–Crippen LogP) is 4.83. The van der Waals surface area contributed by atoms with Crippen LogP contribution >= 0.6 is 0 Å². The van der Waals surface area contributed by atoms with Crippen LogP contribution in [-0.4, -0.2) is 31.2 Å². The zero-order valence-electron chi connectivity index (χ0n) is 17.1. The monoisotopic (exact) mass is 354 g/mol. The Morgan fingerprint density at radius 3 is 2.04 bits per heavy atom. The van der Waals surface area contributed by atoms with Gasteiger partial charge >= 0.3 is 0 Å². The summed E-state index contributed by atoms with van der Waals surface area (Å²) in [6.45, 7) is 18.4.